The highest BCUT2D eigenvalue weighted by Crippen LogP contribution is 2.26. The first-order valence-corrected chi connectivity index (χ1v) is 11.3. The van der Waals surface area contributed by atoms with E-state index in [-0.39, 0.29) is 4.90 Å². The summed E-state index contributed by atoms with van der Waals surface area (Å²) in [7, 11) is -0.240. The Balaban J connectivity index is 2.09. The largest absolute Gasteiger partial charge is 0.378 e. The molecule has 0 aliphatic heterocycles. The van der Waals surface area contributed by atoms with E-state index in [4.69, 9.17) is 0 Å². The number of amides is 2. The summed E-state index contributed by atoms with van der Waals surface area (Å²) >= 11 is 0. The second-order valence-corrected chi connectivity index (χ2v) is 9.47. The van der Waals surface area contributed by atoms with E-state index < -0.39 is 27.9 Å². The quantitative estimate of drug-likeness (QED) is 0.589. The van der Waals surface area contributed by atoms with E-state index in [1.807, 2.05) is 45.0 Å². The molecule has 2 amide bonds. The fraction of sp³-hybridized carbons (Fsp3) is 0.364. The minimum Gasteiger partial charge on any atom is -0.378 e. The number of hydrogen-bond donors (Lipinski definition) is 3. The van der Waals surface area contributed by atoms with Crippen molar-refractivity contribution in [2.75, 3.05) is 19.0 Å². The Bertz CT molecular complexity index is 1080. The van der Waals surface area contributed by atoms with Crippen LogP contribution in [0.5, 0.6) is 0 Å². The predicted molar refractivity (Wildman–Crippen MR) is 122 cm³/mol. The fourth-order valence-corrected chi connectivity index (χ4v) is 4.97. The van der Waals surface area contributed by atoms with Gasteiger partial charge in [-0.25, -0.2) is 8.42 Å². The molecule has 2 aromatic carbocycles. The molecule has 0 saturated carbocycles. The summed E-state index contributed by atoms with van der Waals surface area (Å²) in [5.74, 6) is -1.19. The number of anilines is 1. The SMILES string of the molecule is Cc1cc(C)c(C)c(S(=O)(=O)N[C@@H](C)C(=O)NNC(=O)c2cccc(N(C)C)c2)c1C. The van der Waals surface area contributed by atoms with Crippen molar-refractivity contribution in [2.45, 2.75) is 45.6 Å². The van der Waals surface area contributed by atoms with Crippen molar-refractivity contribution in [1.82, 2.24) is 15.6 Å². The predicted octanol–water partition coefficient (Wildman–Crippen LogP) is 2.11. The molecule has 0 aliphatic carbocycles. The summed E-state index contributed by atoms with van der Waals surface area (Å²) in [4.78, 5) is 26.8. The van der Waals surface area contributed by atoms with Crippen LogP contribution in [0, 0.1) is 27.7 Å². The topological polar surface area (TPSA) is 108 Å². The Kier molecular flexibility index (Phi) is 7.45. The van der Waals surface area contributed by atoms with Gasteiger partial charge in [0.05, 0.1) is 10.9 Å². The summed E-state index contributed by atoms with van der Waals surface area (Å²) in [6.07, 6.45) is 0. The van der Waals surface area contributed by atoms with Crippen molar-refractivity contribution in [2.24, 2.45) is 0 Å². The Morgan fingerprint density at radius 2 is 1.52 bits per heavy atom. The van der Waals surface area contributed by atoms with E-state index >= 15 is 0 Å². The lowest BCUT2D eigenvalue weighted by Gasteiger charge is -2.19. The zero-order valence-electron chi connectivity index (χ0n) is 19.0. The number of rotatable bonds is 6. The van der Waals surface area contributed by atoms with Gasteiger partial charge in [0, 0.05) is 25.3 Å². The van der Waals surface area contributed by atoms with E-state index in [0.29, 0.717) is 16.7 Å². The number of carbonyl (C=O) groups excluding carboxylic acids is 2. The second kappa shape index (κ2) is 9.49. The minimum atomic E-state index is -3.95. The van der Waals surface area contributed by atoms with E-state index in [1.165, 1.54) is 6.92 Å². The Morgan fingerprint density at radius 1 is 0.935 bits per heavy atom. The zero-order valence-corrected chi connectivity index (χ0v) is 19.8. The fourth-order valence-electron chi connectivity index (χ4n) is 3.15. The van der Waals surface area contributed by atoms with Crippen LogP contribution in [0.3, 0.4) is 0 Å². The summed E-state index contributed by atoms with van der Waals surface area (Å²) in [6.45, 7) is 8.58. The molecule has 0 unspecified atom stereocenters. The summed E-state index contributed by atoms with van der Waals surface area (Å²) in [5, 5.41) is 0. The maximum atomic E-state index is 13.0. The van der Waals surface area contributed by atoms with Crippen LogP contribution >= 0.6 is 0 Å². The molecule has 31 heavy (non-hydrogen) atoms. The number of aryl methyl sites for hydroxylation is 2. The molecule has 1 atom stereocenters. The number of carbonyl (C=O) groups is 2. The highest BCUT2D eigenvalue weighted by molar-refractivity contribution is 7.89. The van der Waals surface area contributed by atoms with Gasteiger partial charge < -0.3 is 4.90 Å². The van der Waals surface area contributed by atoms with Gasteiger partial charge in [-0.15, -0.1) is 0 Å². The lowest BCUT2D eigenvalue weighted by atomic mass is 10.0. The van der Waals surface area contributed by atoms with Crippen LogP contribution in [0.15, 0.2) is 35.2 Å². The molecular formula is C22H30N4O4S. The molecule has 0 fully saturated rings. The monoisotopic (exact) mass is 446 g/mol. The van der Waals surface area contributed by atoms with Crippen LogP contribution in [0.4, 0.5) is 5.69 Å². The molecule has 0 saturated heterocycles. The lowest BCUT2D eigenvalue weighted by molar-refractivity contribution is -0.123. The average Bonchev–Trinajstić information content (AvgIpc) is 2.69. The van der Waals surface area contributed by atoms with Gasteiger partial charge in [-0.3, -0.25) is 20.4 Å². The normalized spacial score (nSPS) is 12.2. The van der Waals surface area contributed by atoms with E-state index in [9.17, 15) is 18.0 Å². The highest BCUT2D eigenvalue weighted by Gasteiger charge is 2.26. The maximum absolute atomic E-state index is 13.0. The number of nitrogens with zero attached hydrogens (tertiary/aromatic N) is 1. The Morgan fingerprint density at radius 3 is 2.06 bits per heavy atom. The van der Waals surface area contributed by atoms with Gasteiger partial charge in [0.1, 0.15) is 0 Å². The smallest absolute Gasteiger partial charge is 0.269 e. The third kappa shape index (κ3) is 5.62. The number of sulfonamides is 1. The lowest BCUT2D eigenvalue weighted by Crippen LogP contribution is -2.51. The van der Waals surface area contributed by atoms with Crippen LogP contribution in [0.25, 0.3) is 0 Å². The molecule has 9 heteroatoms. The summed E-state index contributed by atoms with van der Waals surface area (Å²) in [5.41, 5.74) is 8.77. The van der Waals surface area contributed by atoms with Crippen molar-refractivity contribution in [3.05, 3.63) is 58.1 Å². The molecule has 0 aliphatic rings. The molecule has 0 bridgehead atoms. The van der Waals surface area contributed by atoms with Crippen LogP contribution in [0.1, 0.15) is 39.5 Å². The Hall–Kier alpha value is -2.91. The minimum absolute atomic E-state index is 0.175. The molecule has 0 heterocycles. The zero-order chi connectivity index (χ0) is 23.5. The molecule has 0 radical (unpaired) electrons. The van der Waals surface area contributed by atoms with Crippen molar-refractivity contribution in [1.29, 1.82) is 0 Å². The van der Waals surface area contributed by atoms with Crippen molar-refractivity contribution < 1.29 is 18.0 Å². The molecule has 0 aromatic heterocycles. The van der Waals surface area contributed by atoms with E-state index in [0.717, 1.165) is 16.8 Å². The van der Waals surface area contributed by atoms with Crippen LogP contribution in [-0.2, 0) is 14.8 Å². The van der Waals surface area contributed by atoms with E-state index in [1.54, 1.807) is 32.0 Å². The van der Waals surface area contributed by atoms with Gasteiger partial charge in [0.2, 0.25) is 10.0 Å². The highest BCUT2D eigenvalue weighted by atomic mass is 32.2. The summed E-state index contributed by atoms with van der Waals surface area (Å²) in [6, 6.07) is 7.71. The van der Waals surface area contributed by atoms with Gasteiger partial charge in [0.15, 0.2) is 0 Å². The standard InChI is InChI=1S/C22H30N4O4S/c1-13-11-14(2)16(4)20(15(13)3)31(29,30)25-17(5)21(27)23-24-22(28)18-9-8-10-19(12-18)26(6)7/h8-12,17,25H,1-7H3,(H,23,27)(H,24,28)/t17-/m0/s1. The third-order valence-electron chi connectivity index (χ3n) is 5.22. The number of hydrogen-bond acceptors (Lipinski definition) is 5. The molecular weight excluding hydrogens is 416 g/mol. The summed E-state index contributed by atoms with van der Waals surface area (Å²) < 4.78 is 28.3. The average molecular weight is 447 g/mol. The molecule has 3 N–H and O–H groups in total. The van der Waals surface area contributed by atoms with E-state index in [2.05, 4.69) is 15.6 Å². The Labute approximate surface area is 184 Å². The number of nitrogens with one attached hydrogen (secondary N) is 3. The molecule has 2 rings (SSSR count). The molecule has 168 valence electrons. The van der Waals surface area contributed by atoms with Gasteiger partial charge in [0.25, 0.3) is 11.8 Å². The second-order valence-electron chi connectivity index (χ2n) is 7.82. The van der Waals surface area contributed by atoms with Crippen molar-refractivity contribution in [3.8, 4) is 0 Å². The van der Waals surface area contributed by atoms with Gasteiger partial charge >= 0.3 is 0 Å². The number of hydrazine groups is 1. The molecule has 0 spiro atoms. The van der Waals surface area contributed by atoms with Crippen LogP contribution in [-0.4, -0.2) is 40.4 Å². The first-order chi connectivity index (χ1) is 14.3. The molecule has 2 aromatic rings. The number of benzene rings is 2. The van der Waals surface area contributed by atoms with Gasteiger partial charge in [-0.1, -0.05) is 12.1 Å². The van der Waals surface area contributed by atoms with Gasteiger partial charge in [-0.05, 0) is 75.1 Å². The van der Waals surface area contributed by atoms with Gasteiger partial charge in [-0.2, -0.15) is 4.72 Å². The van der Waals surface area contributed by atoms with Crippen molar-refractivity contribution >= 4 is 27.5 Å². The first kappa shape index (κ1) is 24.4. The third-order valence-corrected chi connectivity index (χ3v) is 7.03. The van der Waals surface area contributed by atoms with Crippen LogP contribution < -0.4 is 20.5 Å². The van der Waals surface area contributed by atoms with Crippen molar-refractivity contribution in [3.63, 3.8) is 0 Å². The van der Waals surface area contributed by atoms with Crippen LogP contribution in [0.2, 0.25) is 0 Å². The maximum Gasteiger partial charge on any atom is 0.269 e. The molecule has 8 nitrogen and oxygen atoms in total. The first-order valence-electron chi connectivity index (χ1n) is 9.82.